The second-order valence-corrected chi connectivity index (χ2v) is 11.3. The number of aliphatic hydroxyl groups excluding tert-OH is 1. The molecule has 1 aromatic carbocycles. The summed E-state index contributed by atoms with van der Waals surface area (Å²) in [5, 5.41) is 14.7. The van der Waals surface area contributed by atoms with Crippen molar-refractivity contribution >= 4 is 17.0 Å². The Morgan fingerprint density at radius 1 is 1.08 bits per heavy atom. The molecule has 0 unspecified atom stereocenters. The number of ether oxygens (including phenoxy) is 1. The fraction of sp³-hybridized carbons (Fsp3) is 0.600. The average molecular weight is 521 g/mol. The molecule has 0 radical (unpaired) electrons. The lowest BCUT2D eigenvalue weighted by Gasteiger charge is -2.32. The van der Waals surface area contributed by atoms with Crippen molar-refractivity contribution in [3.8, 4) is 11.1 Å². The van der Waals surface area contributed by atoms with Crippen LogP contribution in [0.15, 0.2) is 36.7 Å². The molecule has 0 bridgehead atoms. The van der Waals surface area contributed by atoms with E-state index in [0.29, 0.717) is 12.0 Å². The van der Waals surface area contributed by atoms with Gasteiger partial charge in [0.05, 0.1) is 6.10 Å². The standard InChI is InChI=1S/C30H44N6O2/c1-22(5-4-18-38-3)32-30-31-19-27-28(21-36(29(27)33-30)25-10-12-26(37)13-11-25)24-8-6-23(7-9-24)20-35-16-14-34(2)15-17-35/h6-9,19,21-22,25-26,37H,4-5,10-18,20H2,1-3H3,(H,31,32,33)/t22-,25-,26-/m0/s1. The van der Waals surface area contributed by atoms with E-state index in [1.807, 2.05) is 6.20 Å². The number of nitrogens with one attached hydrogen (secondary N) is 1. The molecule has 2 fully saturated rings. The maximum atomic E-state index is 10.1. The highest BCUT2D eigenvalue weighted by atomic mass is 16.5. The van der Waals surface area contributed by atoms with Crippen LogP contribution >= 0.6 is 0 Å². The van der Waals surface area contributed by atoms with E-state index in [0.717, 1.165) is 88.9 Å². The van der Waals surface area contributed by atoms with Gasteiger partial charge >= 0.3 is 0 Å². The quantitative estimate of drug-likeness (QED) is 0.380. The molecule has 1 saturated heterocycles. The summed E-state index contributed by atoms with van der Waals surface area (Å²) in [6.45, 7) is 8.46. The van der Waals surface area contributed by atoms with Crippen molar-refractivity contribution in [2.24, 2.45) is 0 Å². The Hall–Kier alpha value is -2.52. The van der Waals surface area contributed by atoms with Gasteiger partial charge in [-0.1, -0.05) is 24.3 Å². The third-order valence-electron chi connectivity index (χ3n) is 8.26. The van der Waals surface area contributed by atoms with Gasteiger partial charge in [0.25, 0.3) is 0 Å². The summed E-state index contributed by atoms with van der Waals surface area (Å²) in [5.41, 5.74) is 4.71. The Morgan fingerprint density at radius 2 is 1.82 bits per heavy atom. The molecule has 0 amide bonds. The first-order valence-corrected chi connectivity index (χ1v) is 14.3. The zero-order valence-electron chi connectivity index (χ0n) is 23.3. The molecular weight excluding hydrogens is 476 g/mol. The summed E-state index contributed by atoms with van der Waals surface area (Å²) in [7, 11) is 3.94. The maximum absolute atomic E-state index is 10.1. The summed E-state index contributed by atoms with van der Waals surface area (Å²) < 4.78 is 7.54. The fourth-order valence-electron chi connectivity index (χ4n) is 5.82. The van der Waals surface area contributed by atoms with Crippen LogP contribution in [-0.2, 0) is 11.3 Å². The van der Waals surface area contributed by atoms with Crippen molar-refractivity contribution < 1.29 is 9.84 Å². The van der Waals surface area contributed by atoms with Crippen LogP contribution in [-0.4, -0.2) is 88.5 Å². The van der Waals surface area contributed by atoms with Gasteiger partial charge < -0.3 is 24.6 Å². The molecule has 5 rings (SSSR count). The molecule has 38 heavy (non-hydrogen) atoms. The van der Waals surface area contributed by atoms with Crippen LogP contribution in [0.3, 0.4) is 0 Å². The number of aliphatic hydroxyl groups is 1. The number of piperazine rings is 1. The highest BCUT2D eigenvalue weighted by Gasteiger charge is 2.24. The molecule has 1 saturated carbocycles. The van der Waals surface area contributed by atoms with E-state index >= 15 is 0 Å². The van der Waals surface area contributed by atoms with Gasteiger partial charge in [-0.15, -0.1) is 0 Å². The Kier molecular flexibility index (Phi) is 8.94. The minimum Gasteiger partial charge on any atom is -0.393 e. The molecule has 2 aliphatic rings. The molecule has 1 aliphatic heterocycles. The minimum absolute atomic E-state index is 0.180. The van der Waals surface area contributed by atoms with E-state index in [1.54, 1.807) is 7.11 Å². The number of methoxy groups -OCH3 is 1. The van der Waals surface area contributed by atoms with Crippen molar-refractivity contribution in [2.45, 2.75) is 70.2 Å². The van der Waals surface area contributed by atoms with Crippen LogP contribution in [0.25, 0.3) is 22.2 Å². The molecule has 3 aromatic rings. The second-order valence-electron chi connectivity index (χ2n) is 11.3. The number of hydrogen-bond acceptors (Lipinski definition) is 7. The van der Waals surface area contributed by atoms with Crippen LogP contribution in [0.4, 0.5) is 5.95 Å². The molecule has 3 heterocycles. The fourth-order valence-corrected chi connectivity index (χ4v) is 5.82. The van der Waals surface area contributed by atoms with Gasteiger partial charge in [0.15, 0.2) is 0 Å². The lowest BCUT2D eigenvalue weighted by molar-refractivity contribution is 0.111. The number of benzene rings is 1. The summed E-state index contributed by atoms with van der Waals surface area (Å²) in [4.78, 5) is 14.7. The number of aromatic nitrogens is 3. The van der Waals surface area contributed by atoms with E-state index in [9.17, 15) is 5.11 Å². The molecule has 1 aliphatic carbocycles. The number of fused-ring (bicyclic) bond motifs is 1. The molecular formula is C30H44N6O2. The lowest BCUT2D eigenvalue weighted by Crippen LogP contribution is -2.43. The Morgan fingerprint density at radius 3 is 2.53 bits per heavy atom. The van der Waals surface area contributed by atoms with Crippen LogP contribution < -0.4 is 5.32 Å². The van der Waals surface area contributed by atoms with Gasteiger partial charge in [-0.05, 0) is 63.6 Å². The highest BCUT2D eigenvalue weighted by molar-refractivity contribution is 5.94. The van der Waals surface area contributed by atoms with Gasteiger partial charge in [0.1, 0.15) is 5.65 Å². The SMILES string of the molecule is COCCC[C@H](C)Nc1ncc2c(-c3ccc(CN4CCN(C)CC4)cc3)cn([C@H]3CC[C@H](O)CC3)c2n1. The normalized spacial score (nSPS) is 22.1. The maximum Gasteiger partial charge on any atom is 0.224 e. The third-order valence-corrected chi connectivity index (χ3v) is 8.26. The average Bonchev–Trinajstić information content (AvgIpc) is 3.30. The minimum atomic E-state index is -0.180. The van der Waals surface area contributed by atoms with Crippen LogP contribution in [0.5, 0.6) is 0 Å². The number of likely N-dealkylation sites (N-methyl/N-ethyl adjacent to an activating group) is 1. The second kappa shape index (κ2) is 12.6. The van der Waals surface area contributed by atoms with E-state index in [-0.39, 0.29) is 12.1 Å². The molecule has 2 N–H and O–H groups in total. The number of anilines is 1. The van der Waals surface area contributed by atoms with E-state index in [4.69, 9.17) is 14.7 Å². The summed E-state index contributed by atoms with van der Waals surface area (Å²) >= 11 is 0. The van der Waals surface area contributed by atoms with E-state index in [1.165, 1.54) is 16.7 Å². The molecule has 206 valence electrons. The first-order chi connectivity index (χ1) is 18.5. The molecule has 8 heteroatoms. The summed E-state index contributed by atoms with van der Waals surface area (Å²) in [5.74, 6) is 0.673. The van der Waals surface area contributed by atoms with Crippen molar-refractivity contribution in [3.05, 3.63) is 42.2 Å². The Bertz CT molecular complexity index is 1160. The molecule has 2 aromatic heterocycles. The first kappa shape index (κ1) is 27.1. The number of nitrogens with zero attached hydrogens (tertiary/aromatic N) is 5. The smallest absolute Gasteiger partial charge is 0.224 e. The van der Waals surface area contributed by atoms with Gasteiger partial charge in [-0.2, -0.15) is 4.98 Å². The largest absolute Gasteiger partial charge is 0.393 e. The first-order valence-electron chi connectivity index (χ1n) is 14.3. The monoisotopic (exact) mass is 520 g/mol. The Labute approximate surface area is 227 Å². The summed E-state index contributed by atoms with van der Waals surface area (Å²) in [6.07, 6.45) is 9.69. The van der Waals surface area contributed by atoms with E-state index in [2.05, 4.69) is 64.1 Å². The predicted molar refractivity (Wildman–Crippen MR) is 153 cm³/mol. The summed E-state index contributed by atoms with van der Waals surface area (Å²) in [6, 6.07) is 9.65. The third kappa shape index (κ3) is 6.54. The topological polar surface area (TPSA) is 78.7 Å². The van der Waals surface area contributed by atoms with Crippen LogP contribution in [0, 0.1) is 0 Å². The molecule has 1 atom stereocenters. The molecule has 8 nitrogen and oxygen atoms in total. The van der Waals surface area contributed by atoms with Gasteiger partial charge in [0.2, 0.25) is 5.95 Å². The van der Waals surface area contributed by atoms with E-state index < -0.39 is 0 Å². The van der Waals surface area contributed by atoms with Crippen molar-refractivity contribution in [1.29, 1.82) is 0 Å². The molecule has 0 spiro atoms. The zero-order valence-corrected chi connectivity index (χ0v) is 23.3. The van der Waals surface area contributed by atoms with Gasteiger partial charge in [0, 0.05) is 81.9 Å². The van der Waals surface area contributed by atoms with Crippen molar-refractivity contribution in [1.82, 2.24) is 24.3 Å². The highest BCUT2D eigenvalue weighted by Crippen LogP contribution is 2.37. The van der Waals surface area contributed by atoms with Crippen LogP contribution in [0.2, 0.25) is 0 Å². The number of rotatable bonds is 10. The lowest BCUT2D eigenvalue weighted by atomic mass is 9.93. The van der Waals surface area contributed by atoms with Gasteiger partial charge in [-0.3, -0.25) is 4.90 Å². The van der Waals surface area contributed by atoms with Crippen LogP contribution in [0.1, 0.15) is 57.1 Å². The number of hydrogen-bond donors (Lipinski definition) is 2. The van der Waals surface area contributed by atoms with Crippen molar-refractivity contribution in [3.63, 3.8) is 0 Å². The van der Waals surface area contributed by atoms with Crippen molar-refractivity contribution in [2.75, 3.05) is 52.3 Å². The Balaban J connectivity index is 1.39. The predicted octanol–water partition coefficient (Wildman–Crippen LogP) is 4.55. The zero-order chi connectivity index (χ0) is 26.5. The van der Waals surface area contributed by atoms with Gasteiger partial charge in [-0.25, -0.2) is 4.98 Å².